The van der Waals surface area contributed by atoms with Crippen LogP contribution >= 0.6 is 23.1 Å². The van der Waals surface area contributed by atoms with Gasteiger partial charge in [-0.1, -0.05) is 30.4 Å². The van der Waals surface area contributed by atoms with Gasteiger partial charge in [-0.3, -0.25) is 9.69 Å². The summed E-state index contributed by atoms with van der Waals surface area (Å²) in [5.74, 6) is 1.84. The van der Waals surface area contributed by atoms with Gasteiger partial charge in [0, 0.05) is 49.7 Å². The van der Waals surface area contributed by atoms with Gasteiger partial charge in [0.1, 0.15) is 11.3 Å². The molecule has 170 valence electrons. The number of piperazine rings is 1. The normalized spacial score (nSPS) is 14.7. The van der Waals surface area contributed by atoms with Crippen molar-refractivity contribution < 1.29 is 9.53 Å². The van der Waals surface area contributed by atoms with Crippen LogP contribution in [0.15, 0.2) is 41.3 Å². The molecule has 0 bridgehead atoms. The van der Waals surface area contributed by atoms with Crippen LogP contribution in [0.25, 0.3) is 10.2 Å². The molecule has 1 aliphatic heterocycles. The fourth-order valence-electron chi connectivity index (χ4n) is 3.88. The number of methoxy groups -OCH3 is 1. The molecule has 1 amide bonds. The molecule has 0 saturated carbocycles. The fraction of sp³-hybridized carbons (Fsp3) is 0.417. The summed E-state index contributed by atoms with van der Waals surface area (Å²) in [7, 11) is 1.70. The van der Waals surface area contributed by atoms with E-state index in [0.717, 1.165) is 65.3 Å². The minimum Gasteiger partial charge on any atom is -0.494 e. The smallest absolute Gasteiger partial charge is 0.251 e. The van der Waals surface area contributed by atoms with Crippen LogP contribution in [-0.4, -0.2) is 67.9 Å². The maximum absolute atomic E-state index is 12.5. The van der Waals surface area contributed by atoms with Gasteiger partial charge in [0.15, 0.2) is 5.13 Å². The molecule has 0 unspecified atom stereocenters. The van der Waals surface area contributed by atoms with Crippen molar-refractivity contribution in [3.8, 4) is 5.75 Å². The molecule has 2 heterocycles. The number of anilines is 1. The second-order valence-electron chi connectivity index (χ2n) is 7.80. The number of carbonyl (C=O) groups excluding carboxylic acids is 1. The highest BCUT2D eigenvalue weighted by Gasteiger charge is 2.21. The number of aromatic nitrogens is 1. The Balaban J connectivity index is 1.27. The number of thioether (sulfide) groups is 1. The van der Waals surface area contributed by atoms with Crippen molar-refractivity contribution in [2.45, 2.75) is 18.7 Å². The second-order valence-corrected chi connectivity index (χ2v) is 10.1. The van der Waals surface area contributed by atoms with Crippen LogP contribution in [0.1, 0.15) is 22.8 Å². The molecular weight excluding hydrogens is 440 g/mol. The molecule has 4 rings (SSSR count). The lowest BCUT2D eigenvalue weighted by Gasteiger charge is -2.34. The van der Waals surface area contributed by atoms with E-state index in [1.54, 1.807) is 30.2 Å². The van der Waals surface area contributed by atoms with E-state index in [1.807, 2.05) is 30.3 Å². The Hall–Kier alpha value is -2.29. The number of rotatable bonds is 8. The Bertz CT molecular complexity index is 1080. The highest BCUT2D eigenvalue weighted by Crippen LogP contribution is 2.36. The van der Waals surface area contributed by atoms with Crippen LogP contribution in [0.4, 0.5) is 5.13 Å². The molecular formula is C24H30N4O2S2. The molecule has 1 aliphatic rings. The summed E-state index contributed by atoms with van der Waals surface area (Å²) >= 11 is 3.49. The van der Waals surface area contributed by atoms with Crippen molar-refractivity contribution >= 4 is 44.4 Å². The van der Waals surface area contributed by atoms with Crippen molar-refractivity contribution in [2.24, 2.45) is 0 Å². The van der Waals surface area contributed by atoms with Gasteiger partial charge in [0.25, 0.3) is 5.91 Å². The third-order valence-electron chi connectivity index (χ3n) is 5.68. The van der Waals surface area contributed by atoms with E-state index in [-0.39, 0.29) is 5.91 Å². The number of nitrogens with one attached hydrogen (secondary N) is 1. The monoisotopic (exact) mass is 470 g/mol. The standard InChI is InChI=1S/C24H30N4O2S2/c1-4-31-19-7-5-6-18(16-19)23(29)25-10-11-27-12-14-28(15-13-27)24-26-21-20(30-3)9-8-17(2)22(21)32-24/h5-9,16H,4,10-15H2,1-3H3,(H,25,29). The molecule has 0 spiro atoms. The van der Waals surface area contributed by atoms with Gasteiger partial charge in [0.05, 0.1) is 11.8 Å². The summed E-state index contributed by atoms with van der Waals surface area (Å²) in [6.45, 7) is 9.55. The third kappa shape index (κ3) is 5.19. The number of carbonyl (C=O) groups is 1. The first kappa shape index (κ1) is 22.9. The Kier molecular flexibility index (Phi) is 7.55. The molecule has 3 aromatic rings. The number of nitrogens with zero attached hydrogens (tertiary/aromatic N) is 3. The number of fused-ring (bicyclic) bond motifs is 1. The van der Waals surface area contributed by atoms with Crippen LogP contribution in [-0.2, 0) is 0 Å². The average molecular weight is 471 g/mol. The van der Waals surface area contributed by atoms with E-state index >= 15 is 0 Å². The van der Waals surface area contributed by atoms with Crippen molar-refractivity contribution in [3.05, 3.63) is 47.5 Å². The molecule has 0 aliphatic carbocycles. The number of ether oxygens (including phenoxy) is 1. The van der Waals surface area contributed by atoms with E-state index < -0.39 is 0 Å². The summed E-state index contributed by atoms with van der Waals surface area (Å²) in [6.07, 6.45) is 0. The van der Waals surface area contributed by atoms with Gasteiger partial charge in [-0.2, -0.15) is 0 Å². The molecule has 0 radical (unpaired) electrons. The minimum absolute atomic E-state index is 0.000909. The highest BCUT2D eigenvalue weighted by molar-refractivity contribution is 7.99. The zero-order valence-electron chi connectivity index (χ0n) is 18.9. The number of amides is 1. The third-order valence-corrected chi connectivity index (χ3v) is 7.80. The molecule has 1 N–H and O–H groups in total. The van der Waals surface area contributed by atoms with E-state index in [4.69, 9.17) is 9.72 Å². The first-order chi connectivity index (χ1) is 15.6. The Labute approximate surface area is 198 Å². The lowest BCUT2D eigenvalue weighted by molar-refractivity contribution is 0.0947. The lowest BCUT2D eigenvalue weighted by atomic mass is 10.2. The van der Waals surface area contributed by atoms with Gasteiger partial charge in [-0.15, -0.1) is 11.8 Å². The number of benzene rings is 2. The molecule has 2 aromatic carbocycles. The second kappa shape index (κ2) is 10.6. The van der Waals surface area contributed by atoms with Gasteiger partial charge in [-0.25, -0.2) is 4.98 Å². The lowest BCUT2D eigenvalue weighted by Crippen LogP contribution is -2.48. The van der Waals surface area contributed by atoms with Gasteiger partial charge in [0.2, 0.25) is 0 Å². The van der Waals surface area contributed by atoms with E-state index in [1.165, 1.54) is 10.3 Å². The Morgan fingerprint density at radius 1 is 1.22 bits per heavy atom. The molecule has 0 atom stereocenters. The van der Waals surface area contributed by atoms with Gasteiger partial charge < -0.3 is 15.0 Å². The maximum atomic E-state index is 12.5. The highest BCUT2D eigenvalue weighted by atomic mass is 32.2. The van der Waals surface area contributed by atoms with E-state index in [2.05, 4.69) is 35.0 Å². The molecule has 1 fully saturated rings. The molecule has 8 heteroatoms. The van der Waals surface area contributed by atoms with E-state index in [9.17, 15) is 4.79 Å². The molecule has 32 heavy (non-hydrogen) atoms. The summed E-state index contributed by atoms with van der Waals surface area (Å²) in [6, 6.07) is 11.9. The zero-order valence-corrected chi connectivity index (χ0v) is 20.5. The summed E-state index contributed by atoms with van der Waals surface area (Å²) < 4.78 is 6.70. The van der Waals surface area contributed by atoms with Gasteiger partial charge >= 0.3 is 0 Å². The Morgan fingerprint density at radius 2 is 2.03 bits per heavy atom. The maximum Gasteiger partial charge on any atom is 0.251 e. The number of hydrogen-bond donors (Lipinski definition) is 1. The topological polar surface area (TPSA) is 57.7 Å². The van der Waals surface area contributed by atoms with Crippen molar-refractivity contribution in [3.63, 3.8) is 0 Å². The first-order valence-electron chi connectivity index (χ1n) is 11.0. The molecule has 1 aromatic heterocycles. The summed E-state index contributed by atoms with van der Waals surface area (Å²) in [4.78, 5) is 23.3. The number of thiazole rings is 1. The van der Waals surface area contributed by atoms with Crippen molar-refractivity contribution in [1.29, 1.82) is 0 Å². The van der Waals surface area contributed by atoms with Crippen LogP contribution in [0, 0.1) is 6.92 Å². The van der Waals surface area contributed by atoms with Crippen molar-refractivity contribution in [2.75, 3.05) is 57.0 Å². The fourth-order valence-corrected chi connectivity index (χ4v) is 5.71. The van der Waals surface area contributed by atoms with E-state index in [0.29, 0.717) is 6.54 Å². The van der Waals surface area contributed by atoms with Crippen LogP contribution in [0.5, 0.6) is 5.75 Å². The van der Waals surface area contributed by atoms with Crippen LogP contribution < -0.4 is 15.0 Å². The van der Waals surface area contributed by atoms with Crippen LogP contribution in [0.2, 0.25) is 0 Å². The average Bonchev–Trinajstić information content (AvgIpc) is 3.27. The zero-order chi connectivity index (χ0) is 22.5. The number of hydrogen-bond acceptors (Lipinski definition) is 7. The van der Waals surface area contributed by atoms with Gasteiger partial charge in [-0.05, 0) is 42.5 Å². The largest absolute Gasteiger partial charge is 0.494 e. The van der Waals surface area contributed by atoms with Crippen LogP contribution in [0.3, 0.4) is 0 Å². The minimum atomic E-state index is 0.000909. The SMILES string of the molecule is CCSc1cccc(C(=O)NCCN2CCN(c3nc4c(OC)ccc(C)c4s3)CC2)c1. The number of aryl methyl sites for hydroxylation is 1. The molecule has 1 saturated heterocycles. The summed E-state index contributed by atoms with van der Waals surface area (Å²) in [5, 5.41) is 4.13. The van der Waals surface area contributed by atoms with Crippen molar-refractivity contribution in [1.82, 2.24) is 15.2 Å². The predicted octanol–water partition coefficient (Wildman–Crippen LogP) is 4.28. The Morgan fingerprint density at radius 3 is 2.78 bits per heavy atom. The first-order valence-corrected chi connectivity index (χ1v) is 12.8. The summed E-state index contributed by atoms with van der Waals surface area (Å²) in [5.41, 5.74) is 2.92. The quantitative estimate of drug-likeness (QED) is 0.496. The predicted molar refractivity (Wildman–Crippen MR) is 135 cm³/mol. The molecule has 6 nitrogen and oxygen atoms in total.